The molecule has 1 aromatic heterocycles. The van der Waals surface area contributed by atoms with E-state index in [1.165, 1.54) is 0 Å². The van der Waals surface area contributed by atoms with Crippen molar-refractivity contribution in [1.82, 2.24) is 15.0 Å². The Labute approximate surface area is 113 Å². The number of halogens is 2. The predicted octanol–water partition coefficient (Wildman–Crippen LogP) is 2.59. The lowest BCUT2D eigenvalue weighted by molar-refractivity contribution is 0.650. The quantitative estimate of drug-likeness (QED) is 0.926. The van der Waals surface area contributed by atoms with Crippen LogP contribution in [0.2, 0.25) is 5.02 Å². The summed E-state index contributed by atoms with van der Waals surface area (Å²) in [6.07, 6.45) is 0. The molecule has 0 aliphatic rings. The Morgan fingerprint density at radius 3 is 2.65 bits per heavy atom. The van der Waals surface area contributed by atoms with Crippen molar-refractivity contribution >= 4 is 27.5 Å². The van der Waals surface area contributed by atoms with Gasteiger partial charge in [0, 0.05) is 12.1 Å². The number of nitrogens with two attached hydrogens (primary N) is 1. The van der Waals surface area contributed by atoms with Crippen LogP contribution in [0.4, 0.5) is 0 Å². The van der Waals surface area contributed by atoms with Gasteiger partial charge in [-0.25, -0.2) is 4.68 Å². The van der Waals surface area contributed by atoms with Gasteiger partial charge in [-0.3, -0.25) is 0 Å². The minimum Gasteiger partial charge on any atom is -0.319 e. The van der Waals surface area contributed by atoms with E-state index >= 15 is 0 Å². The third-order valence-corrected chi connectivity index (χ3v) is 3.33. The maximum atomic E-state index is 6.21. The molecular formula is C11H12BrClN4. The molecule has 0 spiro atoms. The Balaban J connectivity index is 2.47. The van der Waals surface area contributed by atoms with Crippen LogP contribution in [-0.4, -0.2) is 15.0 Å². The normalized spacial score (nSPS) is 12.8. The summed E-state index contributed by atoms with van der Waals surface area (Å²) in [6, 6.07) is 5.46. The van der Waals surface area contributed by atoms with E-state index in [1.807, 2.05) is 32.2 Å². The maximum Gasteiger partial charge on any atom is 0.153 e. The van der Waals surface area contributed by atoms with E-state index in [4.69, 9.17) is 17.3 Å². The van der Waals surface area contributed by atoms with E-state index < -0.39 is 0 Å². The summed E-state index contributed by atoms with van der Waals surface area (Å²) in [5, 5.41) is 8.52. The monoisotopic (exact) mass is 314 g/mol. The van der Waals surface area contributed by atoms with Gasteiger partial charge in [0.15, 0.2) is 4.60 Å². The second-order valence-corrected chi connectivity index (χ2v) is 5.12. The number of aromatic nitrogens is 3. The lowest BCUT2D eigenvalue weighted by atomic mass is 10.0. The molecule has 0 amide bonds. The van der Waals surface area contributed by atoms with Gasteiger partial charge in [-0.05, 0) is 46.1 Å². The minimum absolute atomic E-state index is 0.304. The van der Waals surface area contributed by atoms with Crippen LogP contribution in [0.15, 0.2) is 22.8 Å². The van der Waals surface area contributed by atoms with Gasteiger partial charge in [0.05, 0.1) is 11.7 Å². The molecule has 1 atom stereocenters. The standard InChI is InChI=1S/C11H12BrClN4/c1-6-3-7(5-8(13)4-6)9(14)10-11(12)15-16-17(10)2/h3-5,9H,14H2,1-2H3. The van der Waals surface area contributed by atoms with Crippen LogP contribution in [0.1, 0.15) is 22.9 Å². The van der Waals surface area contributed by atoms with Crippen LogP contribution in [0.5, 0.6) is 0 Å². The Morgan fingerprint density at radius 1 is 1.41 bits per heavy atom. The molecule has 2 N–H and O–H groups in total. The van der Waals surface area contributed by atoms with Gasteiger partial charge in [-0.15, -0.1) is 5.10 Å². The number of benzene rings is 1. The number of hydrogen-bond acceptors (Lipinski definition) is 3. The van der Waals surface area contributed by atoms with Crippen LogP contribution in [0.3, 0.4) is 0 Å². The SMILES string of the molecule is Cc1cc(Cl)cc(C(N)c2c(Br)nnn2C)c1. The Bertz CT molecular complexity index is 513. The fraction of sp³-hybridized carbons (Fsp3) is 0.273. The van der Waals surface area contributed by atoms with Crippen molar-refractivity contribution in [3.8, 4) is 0 Å². The highest BCUT2D eigenvalue weighted by molar-refractivity contribution is 9.10. The molecule has 1 aromatic carbocycles. The van der Waals surface area contributed by atoms with Gasteiger partial charge < -0.3 is 5.73 Å². The molecule has 4 nitrogen and oxygen atoms in total. The van der Waals surface area contributed by atoms with E-state index in [2.05, 4.69) is 26.2 Å². The zero-order chi connectivity index (χ0) is 12.6. The first-order valence-electron chi connectivity index (χ1n) is 5.07. The number of hydrogen-bond donors (Lipinski definition) is 1. The lowest BCUT2D eigenvalue weighted by Crippen LogP contribution is -2.16. The van der Waals surface area contributed by atoms with Crippen LogP contribution >= 0.6 is 27.5 Å². The first-order chi connectivity index (χ1) is 7.99. The Hall–Kier alpha value is -0.910. The zero-order valence-electron chi connectivity index (χ0n) is 9.48. The van der Waals surface area contributed by atoms with Crippen molar-refractivity contribution in [2.24, 2.45) is 12.8 Å². The van der Waals surface area contributed by atoms with Gasteiger partial charge in [0.25, 0.3) is 0 Å². The summed E-state index contributed by atoms with van der Waals surface area (Å²) in [6.45, 7) is 1.98. The average molecular weight is 316 g/mol. The fourth-order valence-corrected chi connectivity index (χ4v) is 2.64. The lowest BCUT2D eigenvalue weighted by Gasteiger charge is -2.13. The van der Waals surface area contributed by atoms with E-state index in [1.54, 1.807) is 4.68 Å². The summed E-state index contributed by atoms with van der Waals surface area (Å²) < 4.78 is 2.32. The highest BCUT2D eigenvalue weighted by Gasteiger charge is 2.18. The molecule has 0 saturated carbocycles. The number of rotatable bonds is 2. The largest absolute Gasteiger partial charge is 0.319 e. The third-order valence-electron chi connectivity index (χ3n) is 2.54. The molecule has 1 unspecified atom stereocenters. The van der Waals surface area contributed by atoms with Gasteiger partial charge in [-0.2, -0.15) is 0 Å². The molecule has 0 aliphatic carbocycles. The summed E-state index contributed by atoms with van der Waals surface area (Å²) in [7, 11) is 1.81. The molecule has 0 fully saturated rings. The number of nitrogens with zero attached hydrogens (tertiary/aromatic N) is 3. The molecular weight excluding hydrogens is 304 g/mol. The van der Waals surface area contributed by atoms with Crippen molar-refractivity contribution < 1.29 is 0 Å². The van der Waals surface area contributed by atoms with Crippen molar-refractivity contribution in [2.45, 2.75) is 13.0 Å². The summed E-state index contributed by atoms with van der Waals surface area (Å²) in [5.74, 6) is 0. The second-order valence-electron chi connectivity index (χ2n) is 3.93. The van der Waals surface area contributed by atoms with Crippen LogP contribution in [0.25, 0.3) is 0 Å². The van der Waals surface area contributed by atoms with Crippen molar-refractivity contribution in [3.05, 3.63) is 44.6 Å². The predicted molar refractivity (Wildman–Crippen MR) is 70.9 cm³/mol. The Kier molecular flexibility index (Phi) is 3.51. The van der Waals surface area contributed by atoms with Crippen molar-refractivity contribution in [2.75, 3.05) is 0 Å². The van der Waals surface area contributed by atoms with Gasteiger partial charge in [0.2, 0.25) is 0 Å². The summed E-state index contributed by atoms with van der Waals surface area (Å²) in [5.41, 5.74) is 9.06. The molecule has 1 heterocycles. The average Bonchev–Trinajstić information content (AvgIpc) is 2.56. The van der Waals surface area contributed by atoms with E-state index in [-0.39, 0.29) is 6.04 Å². The number of aryl methyl sites for hydroxylation is 2. The first-order valence-corrected chi connectivity index (χ1v) is 6.24. The third kappa shape index (κ3) is 2.51. The van der Waals surface area contributed by atoms with Crippen LogP contribution in [0, 0.1) is 6.92 Å². The topological polar surface area (TPSA) is 56.7 Å². The van der Waals surface area contributed by atoms with Gasteiger partial charge in [0.1, 0.15) is 0 Å². The molecule has 0 bridgehead atoms. The molecule has 2 rings (SSSR count). The maximum absolute atomic E-state index is 6.21. The van der Waals surface area contributed by atoms with Crippen LogP contribution < -0.4 is 5.73 Å². The second kappa shape index (κ2) is 4.76. The highest BCUT2D eigenvalue weighted by Crippen LogP contribution is 2.27. The summed E-state index contributed by atoms with van der Waals surface area (Å²) in [4.78, 5) is 0. The van der Waals surface area contributed by atoms with Crippen molar-refractivity contribution in [1.29, 1.82) is 0 Å². The molecule has 0 radical (unpaired) electrons. The summed E-state index contributed by atoms with van der Waals surface area (Å²) >= 11 is 9.37. The van der Waals surface area contributed by atoms with E-state index in [0.717, 1.165) is 16.8 Å². The highest BCUT2D eigenvalue weighted by atomic mass is 79.9. The smallest absolute Gasteiger partial charge is 0.153 e. The first kappa shape index (κ1) is 12.5. The molecule has 90 valence electrons. The molecule has 0 saturated heterocycles. The minimum atomic E-state index is -0.304. The zero-order valence-corrected chi connectivity index (χ0v) is 11.8. The van der Waals surface area contributed by atoms with Crippen LogP contribution in [-0.2, 0) is 7.05 Å². The molecule has 2 aromatic rings. The fourth-order valence-electron chi connectivity index (χ4n) is 1.77. The van der Waals surface area contributed by atoms with E-state index in [0.29, 0.717) is 9.63 Å². The Morgan fingerprint density at radius 2 is 2.12 bits per heavy atom. The molecule has 6 heteroatoms. The molecule has 0 aliphatic heterocycles. The molecule has 17 heavy (non-hydrogen) atoms. The van der Waals surface area contributed by atoms with Crippen molar-refractivity contribution in [3.63, 3.8) is 0 Å². The van der Waals surface area contributed by atoms with Gasteiger partial charge in [-0.1, -0.05) is 22.9 Å². The van der Waals surface area contributed by atoms with E-state index in [9.17, 15) is 0 Å². The van der Waals surface area contributed by atoms with Gasteiger partial charge >= 0.3 is 0 Å².